The van der Waals surface area contributed by atoms with Gasteiger partial charge in [0.05, 0.1) is 0 Å². The second-order valence-electron chi connectivity index (χ2n) is 3.08. The minimum atomic E-state index is -1.06. The van der Waals surface area contributed by atoms with Crippen molar-refractivity contribution < 1.29 is 14.7 Å². The number of hydrogen-bond donors (Lipinski definition) is 2. The fraction of sp³-hybridized carbons (Fsp3) is 0.778. The van der Waals surface area contributed by atoms with Crippen LogP contribution in [0.5, 0.6) is 0 Å². The molecule has 0 aliphatic rings. The average molecular weight is 256 g/mol. The number of carboxylic acids is 1. The molecule has 0 saturated carbocycles. The van der Waals surface area contributed by atoms with Gasteiger partial charge < -0.3 is 10.8 Å². The predicted molar refractivity (Wildman–Crippen MR) is 64.5 cm³/mol. The zero-order valence-electron chi connectivity index (χ0n) is 8.77. The molecule has 6 heteroatoms. The Morgan fingerprint density at radius 3 is 2.47 bits per heavy atom. The SMILES string of the molecule is CCCCCC(=O)SC[C@H](N)C(=O)O.Cl. The van der Waals surface area contributed by atoms with Gasteiger partial charge in [0, 0.05) is 12.2 Å². The third kappa shape index (κ3) is 10.0. The highest BCUT2D eigenvalue weighted by Gasteiger charge is 2.13. The van der Waals surface area contributed by atoms with Gasteiger partial charge in [-0.15, -0.1) is 12.4 Å². The molecule has 0 unspecified atom stereocenters. The fourth-order valence-corrected chi connectivity index (χ4v) is 1.64. The number of unbranched alkanes of at least 4 members (excludes halogenated alkanes) is 2. The highest BCUT2D eigenvalue weighted by atomic mass is 35.5. The van der Waals surface area contributed by atoms with Crippen LogP contribution in [0.4, 0.5) is 0 Å². The first-order valence-electron chi connectivity index (χ1n) is 4.72. The van der Waals surface area contributed by atoms with Gasteiger partial charge in [0.15, 0.2) is 5.12 Å². The molecular weight excluding hydrogens is 238 g/mol. The Hall–Kier alpha value is -0.260. The number of hydrogen-bond acceptors (Lipinski definition) is 4. The lowest BCUT2D eigenvalue weighted by Crippen LogP contribution is -2.32. The number of rotatable bonds is 7. The number of thioether (sulfide) groups is 1. The molecule has 0 aliphatic heterocycles. The van der Waals surface area contributed by atoms with Crippen LogP contribution < -0.4 is 5.73 Å². The van der Waals surface area contributed by atoms with Crippen LogP contribution in [-0.4, -0.2) is 28.0 Å². The summed E-state index contributed by atoms with van der Waals surface area (Å²) in [4.78, 5) is 21.5. The van der Waals surface area contributed by atoms with Gasteiger partial charge in [-0.1, -0.05) is 31.5 Å². The molecule has 0 spiro atoms. The number of halogens is 1. The van der Waals surface area contributed by atoms with E-state index in [4.69, 9.17) is 10.8 Å². The first kappa shape index (κ1) is 17.1. The van der Waals surface area contributed by atoms with Crippen molar-refractivity contribution in [3.8, 4) is 0 Å². The summed E-state index contributed by atoms with van der Waals surface area (Å²) in [6, 6.07) is -0.935. The van der Waals surface area contributed by atoms with Crippen molar-refractivity contribution in [2.24, 2.45) is 5.73 Å². The molecule has 0 amide bonds. The van der Waals surface area contributed by atoms with E-state index < -0.39 is 12.0 Å². The van der Waals surface area contributed by atoms with Crippen LogP contribution in [0.3, 0.4) is 0 Å². The second-order valence-corrected chi connectivity index (χ2v) is 4.16. The average Bonchev–Trinajstić information content (AvgIpc) is 2.14. The molecule has 0 aliphatic carbocycles. The van der Waals surface area contributed by atoms with Gasteiger partial charge in [0.1, 0.15) is 6.04 Å². The summed E-state index contributed by atoms with van der Waals surface area (Å²) in [7, 11) is 0. The molecule has 90 valence electrons. The molecule has 0 bridgehead atoms. The summed E-state index contributed by atoms with van der Waals surface area (Å²) >= 11 is 1.02. The smallest absolute Gasteiger partial charge is 0.321 e. The zero-order valence-corrected chi connectivity index (χ0v) is 10.4. The third-order valence-corrected chi connectivity index (χ3v) is 2.78. The van der Waals surface area contributed by atoms with E-state index in [1.807, 2.05) is 0 Å². The molecule has 0 aromatic heterocycles. The Labute approximate surface area is 100 Å². The van der Waals surface area contributed by atoms with E-state index in [2.05, 4.69) is 6.92 Å². The summed E-state index contributed by atoms with van der Waals surface area (Å²) in [6.45, 7) is 2.07. The molecule has 0 heterocycles. The summed E-state index contributed by atoms with van der Waals surface area (Å²) in [5, 5.41) is 8.50. The Morgan fingerprint density at radius 1 is 1.40 bits per heavy atom. The predicted octanol–water partition coefficient (Wildman–Crippen LogP) is 1.66. The minimum absolute atomic E-state index is 0. The van der Waals surface area contributed by atoms with Crippen molar-refractivity contribution >= 4 is 35.3 Å². The quantitative estimate of drug-likeness (QED) is 0.677. The maximum absolute atomic E-state index is 11.2. The lowest BCUT2D eigenvalue weighted by Gasteiger charge is -2.04. The number of carbonyl (C=O) groups excluding carboxylic acids is 1. The molecule has 0 aromatic carbocycles. The van der Waals surface area contributed by atoms with Gasteiger partial charge in [-0.05, 0) is 6.42 Å². The first-order valence-corrected chi connectivity index (χ1v) is 5.70. The van der Waals surface area contributed by atoms with E-state index in [-0.39, 0.29) is 23.3 Å². The highest BCUT2D eigenvalue weighted by molar-refractivity contribution is 8.13. The van der Waals surface area contributed by atoms with Crippen LogP contribution in [-0.2, 0) is 9.59 Å². The summed E-state index contributed by atoms with van der Waals surface area (Å²) < 4.78 is 0. The molecule has 1 atom stereocenters. The third-order valence-electron chi connectivity index (χ3n) is 1.73. The topological polar surface area (TPSA) is 80.4 Å². The largest absolute Gasteiger partial charge is 0.480 e. The maximum atomic E-state index is 11.2. The van der Waals surface area contributed by atoms with Crippen molar-refractivity contribution in [3.05, 3.63) is 0 Å². The van der Waals surface area contributed by atoms with Gasteiger partial charge in [0.25, 0.3) is 0 Å². The van der Waals surface area contributed by atoms with E-state index in [0.29, 0.717) is 6.42 Å². The molecular formula is C9H18ClNO3S. The lowest BCUT2D eigenvalue weighted by atomic mass is 10.2. The highest BCUT2D eigenvalue weighted by Crippen LogP contribution is 2.10. The number of carbonyl (C=O) groups is 2. The number of aliphatic carboxylic acids is 1. The van der Waals surface area contributed by atoms with Crippen molar-refractivity contribution in [3.63, 3.8) is 0 Å². The summed E-state index contributed by atoms with van der Waals surface area (Å²) in [5.41, 5.74) is 5.25. The van der Waals surface area contributed by atoms with Crippen LogP contribution >= 0.6 is 24.2 Å². The normalized spacial score (nSPS) is 11.6. The van der Waals surface area contributed by atoms with Crippen LogP contribution in [0.15, 0.2) is 0 Å². The molecule has 0 radical (unpaired) electrons. The Bertz CT molecular complexity index is 202. The minimum Gasteiger partial charge on any atom is -0.480 e. The number of nitrogens with two attached hydrogens (primary N) is 1. The molecule has 0 aromatic rings. The first-order chi connectivity index (χ1) is 6.57. The van der Waals surface area contributed by atoms with Crippen LogP contribution in [0.25, 0.3) is 0 Å². The van der Waals surface area contributed by atoms with Crippen molar-refractivity contribution in [2.75, 3.05) is 5.75 Å². The van der Waals surface area contributed by atoms with Crippen LogP contribution in [0.1, 0.15) is 32.6 Å². The Morgan fingerprint density at radius 2 is 2.00 bits per heavy atom. The van der Waals surface area contributed by atoms with Crippen LogP contribution in [0.2, 0.25) is 0 Å². The standard InChI is InChI=1S/C9H17NO3S.ClH/c1-2-3-4-5-8(11)14-6-7(10)9(12)13;/h7H,2-6,10H2,1H3,(H,12,13);1H/t7-;/m0./s1. The zero-order chi connectivity index (χ0) is 11.0. The Balaban J connectivity index is 0. The summed E-state index contributed by atoms with van der Waals surface area (Å²) in [6.07, 6.45) is 3.51. The lowest BCUT2D eigenvalue weighted by molar-refractivity contribution is -0.137. The van der Waals surface area contributed by atoms with Crippen LogP contribution in [0, 0.1) is 0 Å². The molecule has 3 N–H and O–H groups in total. The molecule has 15 heavy (non-hydrogen) atoms. The van der Waals surface area contributed by atoms with Crippen molar-refractivity contribution in [1.29, 1.82) is 0 Å². The van der Waals surface area contributed by atoms with E-state index in [0.717, 1.165) is 31.0 Å². The van der Waals surface area contributed by atoms with E-state index >= 15 is 0 Å². The van der Waals surface area contributed by atoms with Gasteiger partial charge >= 0.3 is 5.97 Å². The molecule has 0 fully saturated rings. The second kappa shape index (κ2) is 10.3. The number of carboxylic acid groups (broad SMARTS) is 1. The molecule has 0 saturated heterocycles. The van der Waals surface area contributed by atoms with Gasteiger partial charge in [-0.25, -0.2) is 0 Å². The van der Waals surface area contributed by atoms with E-state index in [1.165, 1.54) is 0 Å². The fourth-order valence-electron chi connectivity index (χ4n) is 0.846. The summed E-state index contributed by atoms with van der Waals surface area (Å²) in [5.74, 6) is -0.890. The van der Waals surface area contributed by atoms with Crippen molar-refractivity contribution in [1.82, 2.24) is 0 Å². The molecule has 4 nitrogen and oxygen atoms in total. The maximum Gasteiger partial charge on any atom is 0.321 e. The van der Waals surface area contributed by atoms with E-state index in [1.54, 1.807) is 0 Å². The van der Waals surface area contributed by atoms with Gasteiger partial charge in [-0.3, -0.25) is 9.59 Å². The molecule has 0 rings (SSSR count). The Kier molecular flexibility index (Phi) is 11.7. The van der Waals surface area contributed by atoms with E-state index in [9.17, 15) is 9.59 Å². The monoisotopic (exact) mass is 255 g/mol. The van der Waals surface area contributed by atoms with Crippen molar-refractivity contribution in [2.45, 2.75) is 38.6 Å². The van der Waals surface area contributed by atoms with Gasteiger partial charge in [0.2, 0.25) is 0 Å². The van der Waals surface area contributed by atoms with Gasteiger partial charge in [-0.2, -0.15) is 0 Å².